The van der Waals surface area contributed by atoms with Crippen molar-refractivity contribution >= 4 is 17.1 Å². The van der Waals surface area contributed by atoms with E-state index < -0.39 is 5.60 Å². The highest BCUT2D eigenvalue weighted by Crippen LogP contribution is 2.43. The molecule has 0 aliphatic carbocycles. The molecule has 4 aromatic rings. The van der Waals surface area contributed by atoms with Gasteiger partial charge in [0.2, 0.25) is 5.56 Å². The normalized spacial score (nSPS) is 18.9. The molecule has 0 radical (unpaired) electrons. The maximum absolute atomic E-state index is 12.4. The molecule has 0 saturated carbocycles. The quantitative estimate of drug-likeness (QED) is 0.452. The molecule has 5 heteroatoms. The SMILES string of the molecule is C=C1C=NC=C1C1(O)c2cccc(c2)COc2cccc(c2)-c2cc(=O)[nH]c3ccc1cc23. The molecular formula is C28H20N2O3. The van der Waals surface area contributed by atoms with Gasteiger partial charge in [0.15, 0.2) is 0 Å². The minimum absolute atomic E-state index is 0.192. The molecule has 2 aliphatic rings. The number of pyridine rings is 1. The monoisotopic (exact) mass is 432 g/mol. The highest BCUT2D eigenvalue weighted by Gasteiger charge is 2.38. The summed E-state index contributed by atoms with van der Waals surface area (Å²) in [5.41, 5.74) is 4.18. The number of hydrogen-bond donors (Lipinski definition) is 2. The lowest BCUT2D eigenvalue weighted by Gasteiger charge is -2.32. The van der Waals surface area contributed by atoms with Crippen LogP contribution in [-0.2, 0) is 12.2 Å². The van der Waals surface area contributed by atoms with Crippen LogP contribution >= 0.6 is 0 Å². The van der Waals surface area contributed by atoms with E-state index in [1.54, 1.807) is 18.5 Å². The maximum atomic E-state index is 12.4. The number of fused-ring (bicyclic) bond motifs is 6. The number of aliphatic imine (C=N–C) groups is 1. The second kappa shape index (κ2) is 7.15. The molecule has 1 atom stereocenters. The van der Waals surface area contributed by atoms with E-state index in [1.807, 2.05) is 66.7 Å². The number of H-pyrrole nitrogens is 1. The number of rotatable bonds is 1. The molecule has 0 fully saturated rings. The summed E-state index contributed by atoms with van der Waals surface area (Å²) in [6.45, 7) is 4.44. The van der Waals surface area contributed by atoms with Crippen LogP contribution in [-0.4, -0.2) is 16.3 Å². The number of aliphatic hydroxyl groups is 1. The summed E-state index contributed by atoms with van der Waals surface area (Å²) >= 11 is 0. The summed E-state index contributed by atoms with van der Waals surface area (Å²) in [4.78, 5) is 19.6. The Bertz CT molecular complexity index is 1580. The Morgan fingerprint density at radius 2 is 1.85 bits per heavy atom. The topological polar surface area (TPSA) is 74.7 Å². The first-order chi connectivity index (χ1) is 16.0. The number of nitrogens with zero attached hydrogens (tertiary/aromatic N) is 1. The van der Waals surface area contributed by atoms with Crippen molar-refractivity contribution in [1.82, 2.24) is 4.98 Å². The predicted octanol–water partition coefficient (Wildman–Crippen LogP) is 4.85. The van der Waals surface area contributed by atoms with Crippen LogP contribution in [0.4, 0.5) is 0 Å². The second-order valence-corrected chi connectivity index (χ2v) is 8.38. The fourth-order valence-electron chi connectivity index (χ4n) is 4.68. The molecule has 160 valence electrons. The van der Waals surface area contributed by atoms with E-state index >= 15 is 0 Å². The molecule has 2 N–H and O–H groups in total. The molecule has 0 saturated heterocycles. The van der Waals surface area contributed by atoms with Gasteiger partial charge < -0.3 is 14.8 Å². The van der Waals surface area contributed by atoms with Crippen molar-refractivity contribution in [2.45, 2.75) is 12.2 Å². The average Bonchev–Trinajstić information content (AvgIpc) is 3.27. The van der Waals surface area contributed by atoms with Crippen molar-refractivity contribution in [3.63, 3.8) is 0 Å². The second-order valence-electron chi connectivity index (χ2n) is 8.38. The summed E-state index contributed by atoms with van der Waals surface area (Å²) in [5, 5.41) is 13.2. The van der Waals surface area contributed by atoms with Gasteiger partial charge in [-0.05, 0) is 63.7 Å². The lowest BCUT2D eigenvalue weighted by Crippen LogP contribution is -2.30. The molecular weight excluding hydrogens is 412 g/mol. The summed E-state index contributed by atoms with van der Waals surface area (Å²) < 4.78 is 6.07. The predicted molar refractivity (Wildman–Crippen MR) is 129 cm³/mol. The lowest BCUT2D eigenvalue weighted by molar-refractivity contribution is 0.124. The van der Waals surface area contributed by atoms with Gasteiger partial charge in [0.05, 0.1) is 0 Å². The zero-order valence-corrected chi connectivity index (χ0v) is 17.7. The largest absolute Gasteiger partial charge is 0.489 e. The molecule has 0 spiro atoms. The number of hydrogen-bond acceptors (Lipinski definition) is 4. The Balaban J connectivity index is 1.72. The first-order valence-corrected chi connectivity index (χ1v) is 10.7. The first-order valence-electron chi connectivity index (χ1n) is 10.7. The fraction of sp³-hybridized carbons (Fsp3) is 0.0714. The molecule has 1 unspecified atom stereocenters. The Kier molecular flexibility index (Phi) is 4.22. The smallest absolute Gasteiger partial charge is 0.249 e. The molecule has 6 bridgehead atoms. The third-order valence-corrected chi connectivity index (χ3v) is 6.33. The minimum Gasteiger partial charge on any atom is -0.489 e. The van der Waals surface area contributed by atoms with Crippen LogP contribution in [0, 0.1) is 0 Å². The molecule has 2 aliphatic heterocycles. The van der Waals surface area contributed by atoms with Gasteiger partial charge in [-0.3, -0.25) is 9.79 Å². The molecule has 33 heavy (non-hydrogen) atoms. The molecule has 6 rings (SSSR count). The fourth-order valence-corrected chi connectivity index (χ4v) is 4.68. The Morgan fingerprint density at radius 1 is 1.00 bits per heavy atom. The summed E-state index contributed by atoms with van der Waals surface area (Å²) in [6, 6.07) is 22.6. The van der Waals surface area contributed by atoms with Crippen LogP contribution in [0.3, 0.4) is 0 Å². The van der Waals surface area contributed by atoms with E-state index in [9.17, 15) is 9.90 Å². The zero-order chi connectivity index (χ0) is 22.6. The number of benzene rings is 3. The van der Waals surface area contributed by atoms with Gasteiger partial charge in [-0.25, -0.2) is 0 Å². The highest BCUT2D eigenvalue weighted by molar-refractivity contribution is 5.95. The van der Waals surface area contributed by atoms with Gasteiger partial charge in [0, 0.05) is 35.0 Å². The summed E-state index contributed by atoms with van der Waals surface area (Å²) in [7, 11) is 0. The van der Waals surface area contributed by atoms with E-state index in [2.05, 4.69) is 16.6 Å². The van der Waals surface area contributed by atoms with Crippen LogP contribution in [0.15, 0.2) is 107 Å². The average molecular weight is 432 g/mol. The minimum atomic E-state index is -1.49. The van der Waals surface area contributed by atoms with Gasteiger partial charge >= 0.3 is 0 Å². The van der Waals surface area contributed by atoms with Crippen molar-refractivity contribution < 1.29 is 9.84 Å². The van der Waals surface area contributed by atoms with Gasteiger partial charge in [-0.1, -0.05) is 43.0 Å². The molecule has 3 aromatic carbocycles. The lowest BCUT2D eigenvalue weighted by atomic mass is 9.77. The zero-order valence-electron chi connectivity index (χ0n) is 17.7. The highest BCUT2D eigenvalue weighted by atomic mass is 16.5. The van der Waals surface area contributed by atoms with Gasteiger partial charge in [0.1, 0.15) is 18.0 Å². The Hall–Kier alpha value is -4.22. The molecule has 1 aromatic heterocycles. The Morgan fingerprint density at radius 3 is 2.70 bits per heavy atom. The van der Waals surface area contributed by atoms with E-state index in [-0.39, 0.29) is 5.56 Å². The van der Waals surface area contributed by atoms with Crippen molar-refractivity contribution in [1.29, 1.82) is 0 Å². The van der Waals surface area contributed by atoms with Crippen LogP contribution < -0.4 is 10.3 Å². The van der Waals surface area contributed by atoms with Gasteiger partial charge in [-0.15, -0.1) is 0 Å². The number of ether oxygens (including phenoxy) is 1. The van der Waals surface area contributed by atoms with Crippen LogP contribution in [0.2, 0.25) is 0 Å². The van der Waals surface area contributed by atoms with Gasteiger partial charge in [0.25, 0.3) is 0 Å². The summed E-state index contributed by atoms with van der Waals surface area (Å²) in [6.07, 6.45) is 3.31. The van der Waals surface area contributed by atoms with E-state index in [0.29, 0.717) is 40.1 Å². The number of aromatic amines is 1. The standard InChI is InChI=1S/C28H20N2O3/c1-17-14-29-15-25(17)28(32)20-6-2-4-18(10-20)16-33-22-7-3-5-19(11-22)23-13-27(31)30-26-9-8-21(28)12-24(23)26/h2-15,32H,1,16H2,(H,30,31). The van der Waals surface area contributed by atoms with E-state index in [4.69, 9.17) is 4.74 Å². The maximum Gasteiger partial charge on any atom is 0.249 e. The van der Waals surface area contributed by atoms with E-state index in [1.165, 1.54) is 0 Å². The summed E-state index contributed by atoms with van der Waals surface area (Å²) in [5.74, 6) is 0.706. The number of nitrogens with one attached hydrogen (secondary N) is 1. The van der Waals surface area contributed by atoms with Crippen LogP contribution in [0.25, 0.3) is 22.0 Å². The van der Waals surface area contributed by atoms with Gasteiger partial charge in [-0.2, -0.15) is 0 Å². The Labute approximate surface area is 190 Å². The first kappa shape index (κ1) is 19.5. The number of aromatic nitrogens is 1. The van der Waals surface area contributed by atoms with Crippen molar-refractivity contribution in [3.8, 4) is 16.9 Å². The molecule has 3 heterocycles. The van der Waals surface area contributed by atoms with Crippen LogP contribution in [0.1, 0.15) is 16.7 Å². The van der Waals surface area contributed by atoms with Crippen molar-refractivity contribution in [2.24, 2.45) is 4.99 Å². The third kappa shape index (κ3) is 3.05. The molecule has 0 amide bonds. The van der Waals surface area contributed by atoms with Crippen molar-refractivity contribution in [2.75, 3.05) is 0 Å². The molecule has 5 nitrogen and oxygen atoms in total. The van der Waals surface area contributed by atoms with E-state index in [0.717, 1.165) is 22.1 Å². The van der Waals surface area contributed by atoms with Crippen LogP contribution in [0.5, 0.6) is 5.75 Å². The third-order valence-electron chi connectivity index (χ3n) is 6.33. The van der Waals surface area contributed by atoms with Crippen molar-refractivity contribution in [3.05, 3.63) is 124 Å².